The minimum Gasteiger partial charge on any atom is -0.411 e. The summed E-state index contributed by atoms with van der Waals surface area (Å²) in [5.74, 6) is -0.0567. The smallest absolute Gasteiger partial charge is 0.275 e. The van der Waals surface area contributed by atoms with E-state index < -0.39 is 8.32 Å². The molecule has 1 heterocycles. The number of nitrogens with zero attached hydrogens (tertiary/aromatic N) is 2. The SMILES string of the molecule is CC[C@]1(O[Si](C)(C)C(C)(C)C)C[C@@H](NC(=O)Cn2nc(C(C)C)c3cc(Br)ccc3c2=O)C1. The zero-order valence-electron chi connectivity index (χ0n) is 21.2. The summed E-state index contributed by atoms with van der Waals surface area (Å²) in [6.45, 7) is 17.5. The molecule has 3 rings (SSSR count). The molecule has 8 heteroatoms. The molecular formula is C25H38BrN3O3Si. The lowest BCUT2D eigenvalue weighted by Crippen LogP contribution is -2.61. The van der Waals surface area contributed by atoms with E-state index in [0.29, 0.717) is 5.39 Å². The highest BCUT2D eigenvalue weighted by molar-refractivity contribution is 9.10. The van der Waals surface area contributed by atoms with Gasteiger partial charge in [-0.25, -0.2) is 4.68 Å². The van der Waals surface area contributed by atoms with Crippen molar-refractivity contribution in [1.29, 1.82) is 0 Å². The van der Waals surface area contributed by atoms with Crippen LogP contribution in [0.25, 0.3) is 10.8 Å². The van der Waals surface area contributed by atoms with Gasteiger partial charge in [0.15, 0.2) is 8.32 Å². The van der Waals surface area contributed by atoms with Crippen molar-refractivity contribution in [2.45, 2.75) is 103 Å². The highest BCUT2D eigenvalue weighted by Crippen LogP contribution is 2.46. The summed E-state index contributed by atoms with van der Waals surface area (Å²) in [4.78, 5) is 25.8. The summed E-state index contributed by atoms with van der Waals surface area (Å²) < 4.78 is 8.95. The van der Waals surface area contributed by atoms with Gasteiger partial charge in [-0.2, -0.15) is 5.10 Å². The lowest BCUT2D eigenvalue weighted by molar-refractivity contribution is -0.126. The Balaban J connectivity index is 1.72. The van der Waals surface area contributed by atoms with Crippen LogP contribution in [-0.4, -0.2) is 35.6 Å². The van der Waals surface area contributed by atoms with Gasteiger partial charge in [-0.15, -0.1) is 0 Å². The summed E-state index contributed by atoms with van der Waals surface area (Å²) in [5.41, 5.74) is 0.418. The second kappa shape index (κ2) is 9.27. The molecule has 1 fully saturated rings. The third-order valence-electron chi connectivity index (χ3n) is 7.32. The van der Waals surface area contributed by atoms with E-state index in [4.69, 9.17) is 4.43 Å². The Labute approximate surface area is 206 Å². The topological polar surface area (TPSA) is 73.2 Å². The van der Waals surface area contributed by atoms with Gasteiger partial charge in [0.25, 0.3) is 5.56 Å². The van der Waals surface area contributed by atoms with Crippen LogP contribution >= 0.6 is 15.9 Å². The summed E-state index contributed by atoms with van der Waals surface area (Å²) in [5, 5.41) is 9.22. The van der Waals surface area contributed by atoms with Crippen molar-refractivity contribution < 1.29 is 9.22 Å². The number of carbonyl (C=O) groups is 1. The molecule has 1 aliphatic rings. The molecule has 0 saturated heterocycles. The van der Waals surface area contributed by atoms with Gasteiger partial charge in [0.1, 0.15) is 6.54 Å². The standard InChI is InChI=1S/C25H38BrN3O3Si/c1-9-25(32-33(7,8)24(4,5)6)13-18(14-25)27-21(30)15-29-23(31)19-11-10-17(26)12-20(19)22(28-29)16(2)3/h10-12,16,18H,9,13-15H2,1-8H3,(H,27,30)/t18-,25+. The molecule has 1 saturated carbocycles. The van der Waals surface area contributed by atoms with Gasteiger partial charge in [0, 0.05) is 15.9 Å². The third kappa shape index (κ3) is 5.43. The van der Waals surface area contributed by atoms with Gasteiger partial charge >= 0.3 is 0 Å². The fraction of sp³-hybridized carbons (Fsp3) is 0.640. The summed E-state index contributed by atoms with van der Waals surface area (Å²) >= 11 is 3.48. The maximum atomic E-state index is 13.0. The van der Waals surface area contributed by atoms with E-state index in [9.17, 15) is 9.59 Å². The first kappa shape index (κ1) is 26.1. The van der Waals surface area contributed by atoms with E-state index in [2.05, 4.69) is 67.1 Å². The molecule has 1 aliphatic carbocycles. The molecule has 182 valence electrons. The molecule has 2 aromatic rings. The van der Waals surface area contributed by atoms with Crippen LogP contribution in [0.1, 0.15) is 72.4 Å². The summed E-state index contributed by atoms with van der Waals surface area (Å²) in [6.07, 6.45) is 2.56. The largest absolute Gasteiger partial charge is 0.411 e. The average Bonchev–Trinajstić information content (AvgIpc) is 2.66. The number of hydrogen-bond acceptors (Lipinski definition) is 4. The molecule has 0 atom stereocenters. The number of nitrogens with one attached hydrogen (secondary N) is 1. The molecule has 1 aromatic carbocycles. The maximum absolute atomic E-state index is 13.0. The number of amides is 1. The van der Waals surface area contributed by atoms with Crippen molar-refractivity contribution in [2.75, 3.05) is 0 Å². The Hall–Kier alpha value is -1.51. The molecule has 0 bridgehead atoms. The Morgan fingerprint density at radius 3 is 2.48 bits per heavy atom. The van der Waals surface area contributed by atoms with E-state index >= 15 is 0 Å². The second-order valence-corrected chi connectivity index (χ2v) is 16.9. The lowest BCUT2D eigenvalue weighted by Gasteiger charge is -2.53. The highest BCUT2D eigenvalue weighted by Gasteiger charge is 2.50. The molecule has 33 heavy (non-hydrogen) atoms. The normalized spacial score (nSPS) is 21.3. The minimum absolute atomic E-state index is 0.0684. The molecule has 0 unspecified atom stereocenters. The number of carbonyl (C=O) groups excluding carboxylic acids is 1. The van der Waals surface area contributed by atoms with Crippen LogP contribution in [0.2, 0.25) is 18.1 Å². The number of aromatic nitrogens is 2. The van der Waals surface area contributed by atoms with Crippen LogP contribution in [-0.2, 0) is 15.8 Å². The Kier molecular flexibility index (Phi) is 7.33. The predicted molar refractivity (Wildman–Crippen MR) is 140 cm³/mol. The molecule has 0 spiro atoms. The van der Waals surface area contributed by atoms with E-state index in [-0.39, 0.29) is 40.6 Å². The van der Waals surface area contributed by atoms with Crippen molar-refractivity contribution in [3.8, 4) is 0 Å². The van der Waals surface area contributed by atoms with Crippen LogP contribution in [0.5, 0.6) is 0 Å². The van der Waals surface area contributed by atoms with Crippen LogP contribution in [0.15, 0.2) is 27.5 Å². The zero-order valence-corrected chi connectivity index (χ0v) is 23.8. The number of fused-ring (bicyclic) bond motifs is 1. The fourth-order valence-corrected chi connectivity index (χ4v) is 6.37. The maximum Gasteiger partial charge on any atom is 0.275 e. The van der Waals surface area contributed by atoms with Crippen molar-refractivity contribution in [3.63, 3.8) is 0 Å². The van der Waals surface area contributed by atoms with Crippen molar-refractivity contribution >= 4 is 40.9 Å². The second-order valence-electron chi connectivity index (χ2n) is 11.3. The summed E-state index contributed by atoms with van der Waals surface area (Å²) in [7, 11) is -1.89. The van der Waals surface area contributed by atoms with Gasteiger partial charge in [0.2, 0.25) is 5.91 Å². The third-order valence-corrected chi connectivity index (χ3v) is 12.4. The minimum atomic E-state index is -1.89. The van der Waals surface area contributed by atoms with Crippen molar-refractivity contribution in [2.24, 2.45) is 0 Å². The van der Waals surface area contributed by atoms with Crippen molar-refractivity contribution in [1.82, 2.24) is 15.1 Å². The molecule has 1 amide bonds. The number of halogens is 1. The van der Waals surface area contributed by atoms with E-state index in [0.717, 1.165) is 34.8 Å². The lowest BCUT2D eigenvalue weighted by atomic mass is 9.74. The first-order valence-corrected chi connectivity index (χ1v) is 15.6. The molecule has 6 nitrogen and oxygen atoms in total. The number of benzene rings is 1. The van der Waals surface area contributed by atoms with Gasteiger partial charge in [-0.05, 0) is 61.5 Å². The monoisotopic (exact) mass is 535 g/mol. The first-order chi connectivity index (χ1) is 15.2. The van der Waals surface area contributed by atoms with Crippen LogP contribution < -0.4 is 10.9 Å². The molecular weight excluding hydrogens is 498 g/mol. The molecule has 0 aliphatic heterocycles. The van der Waals surface area contributed by atoms with Gasteiger partial charge < -0.3 is 9.74 Å². The molecule has 0 radical (unpaired) electrons. The van der Waals surface area contributed by atoms with E-state index in [1.54, 1.807) is 6.07 Å². The summed E-state index contributed by atoms with van der Waals surface area (Å²) in [6, 6.07) is 5.63. The van der Waals surface area contributed by atoms with E-state index in [1.165, 1.54) is 4.68 Å². The Morgan fingerprint density at radius 1 is 1.30 bits per heavy atom. The number of hydrogen-bond donors (Lipinski definition) is 1. The first-order valence-electron chi connectivity index (χ1n) is 11.9. The highest BCUT2D eigenvalue weighted by atomic mass is 79.9. The quantitative estimate of drug-likeness (QED) is 0.459. The molecule has 1 N–H and O–H groups in total. The Morgan fingerprint density at radius 2 is 1.94 bits per heavy atom. The van der Waals surface area contributed by atoms with Gasteiger partial charge in [-0.3, -0.25) is 9.59 Å². The van der Waals surface area contributed by atoms with E-state index in [1.807, 2.05) is 26.0 Å². The van der Waals surface area contributed by atoms with Crippen LogP contribution in [0.3, 0.4) is 0 Å². The van der Waals surface area contributed by atoms with Crippen LogP contribution in [0, 0.1) is 0 Å². The fourth-order valence-electron chi connectivity index (χ4n) is 4.31. The van der Waals surface area contributed by atoms with Gasteiger partial charge in [0.05, 0.1) is 16.7 Å². The van der Waals surface area contributed by atoms with Gasteiger partial charge in [-0.1, -0.05) is 57.5 Å². The van der Waals surface area contributed by atoms with Crippen LogP contribution in [0.4, 0.5) is 0 Å². The average molecular weight is 537 g/mol. The zero-order chi connectivity index (χ0) is 24.8. The predicted octanol–water partition coefficient (Wildman–Crippen LogP) is 5.73. The Bertz CT molecular complexity index is 1100. The molecule has 1 aromatic heterocycles. The number of rotatable bonds is 7. The van der Waals surface area contributed by atoms with Crippen molar-refractivity contribution in [3.05, 3.63) is 38.7 Å².